The van der Waals surface area contributed by atoms with Gasteiger partial charge in [-0.1, -0.05) is 12.1 Å². The van der Waals surface area contributed by atoms with Gasteiger partial charge in [-0.3, -0.25) is 4.79 Å². The van der Waals surface area contributed by atoms with E-state index in [1.54, 1.807) is 48.7 Å². The summed E-state index contributed by atoms with van der Waals surface area (Å²) in [5.41, 5.74) is 1.15. The third-order valence-corrected chi connectivity index (χ3v) is 2.94. The van der Waals surface area contributed by atoms with Crippen molar-refractivity contribution in [2.75, 3.05) is 0 Å². The molecule has 4 nitrogen and oxygen atoms in total. The molecule has 0 saturated heterocycles. The van der Waals surface area contributed by atoms with Crippen LogP contribution in [0.2, 0.25) is 0 Å². The minimum absolute atomic E-state index is 0.156. The Hall–Kier alpha value is -2.14. The standard InChI is InChI=1S/C14H11BrN2O2/c15-12(8-10-3-1-4-11(18)7-10)14(19)13-5-2-6-16-9-17-13/h1-9,18H,(H,16,17). The van der Waals surface area contributed by atoms with Crippen molar-refractivity contribution in [1.82, 2.24) is 5.32 Å². The third kappa shape index (κ3) is 3.66. The first-order valence-corrected chi connectivity index (χ1v) is 6.32. The molecule has 0 bridgehead atoms. The number of rotatable bonds is 3. The number of aliphatic imine (C=N–C) groups is 1. The van der Waals surface area contributed by atoms with Crippen LogP contribution in [0, 0.1) is 0 Å². The van der Waals surface area contributed by atoms with Crippen molar-refractivity contribution in [3.8, 4) is 5.75 Å². The number of halogens is 1. The van der Waals surface area contributed by atoms with Gasteiger partial charge in [-0.2, -0.15) is 0 Å². The van der Waals surface area contributed by atoms with Crippen LogP contribution < -0.4 is 5.32 Å². The molecule has 96 valence electrons. The summed E-state index contributed by atoms with van der Waals surface area (Å²) in [6, 6.07) is 6.66. The third-order valence-electron chi connectivity index (χ3n) is 2.35. The monoisotopic (exact) mass is 318 g/mol. The molecule has 19 heavy (non-hydrogen) atoms. The molecule has 0 aliphatic carbocycles. The molecule has 2 N–H and O–H groups in total. The molecule has 0 atom stereocenters. The highest BCUT2D eigenvalue weighted by atomic mass is 79.9. The van der Waals surface area contributed by atoms with Gasteiger partial charge in [0.25, 0.3) is 0 Å². The largest absolute Gasteiger partial charge is 0.508 e. The Labute approximate surface area is 119 Å². The molecule has 0 saturated carbocycles. The zero-order chi connectivity index (χ0) is 13.7. The van der Waals surface area contributed by atoms with Gasteiger partial charge in [0.05, 0.1) is 16.5 Å². The zero-order valence-corrected chi connectivity index (χ0v) is 11.5. The second-order valence-corrected chi connectivity index (χ2v) is 4.62. The SMILES string of the molecule is O=C(C(Br)=Cc1cccc(O)c1)C1=CC=CN=CN1. The van der Waals surface area contributed by atoms with E-state index < -0.39 is 0 Å². The summed E-state index contributed by atoms with van der Waals surface area (Å²) in [5.74, 6) is -0.0373. The maximum absolute atomic E-state index is 12.1. The lowest BCUT2D eigenvalue weighted by atomic mass is 10.1. The van der Waals surface area contributed by atoms with Crippen molar-refractivity contribution in [2.45, 2.75) is 0 Å². The van der Waals surface area contributed by atoms with Gasteiger partial charge in [0.2, 0.25) is 5.78 Å². The van der Waals surface area contributed by atoms with Crippen LogP contribution in [0.5, 0.6) is 5.75 Å². The van der Waals surface area contributed by atoms with Gasteiger partial charge in [0.1, 0.15) is 5.75 Å². The fourth-order valence-corrected chi connectivity index (χ4v) is 1.96. The van der Waals surface area contributed by atoms with Crippen molar-refractivity contribution >= 4 is 34.1 Å². The number of carbonyl (C=O) groups excluding carboxylic acids is 1. The zero-order valence-electron chi connectivity index (χ0n) is 9.88. The normalized spacial score (nSPS) is 14.6. The van der Waals surface area contributed by atoms with Crippen LogP contribution in [0.1, 0.15) is 5.56 Å². The van der Waals surface area contributed by atoms with E-state index in [-0.39, 0.29) is 11.5 Å². The number of phenols is 1. The van der Waals surface area contributed by atoms with Gasteiger partial charge in [0.15, 0.2) is 0 Å². The molecule has 0 unspecified atom stereocenters. The van der Waals surface area contributed by atoms with Gasteiger partial charge in [-0.15, -0.1) is 0 Å². The molecule has 1 aliphatic rings. The molecular weight excluding hydrogens is 308 g/mol. The Kier molecular flexibility index (Phi) is 4.30. The van der Waals surface area contributed by atoms with Crippen LogP contribution in [-0.2, 0) is 4.79 Å². The number of benzene rings is 1. The maximum atomic E-state index is 12.1. The second kappa shape index (κ2) is 6.15. The number of phenolic OH excluding ortho intramolecular Hbond substituents is 1. The number of carbonyl (C=O) groups is 1. The number of hydrogen-bond donors (Lipinski definition) is 2. The average molecular weight is 319 g/mol. The van der Waals surface area contributed by atoms with Gasteiger partial charge in [0, 0.05) is 6.20 Å². The Balaban J connectivity index is 2.21. The summed E-state index contributed by atoms with van der Waals surface area (Å²) in [5, 5.41) is 12.2. The fourth-order valence-electron chi connectivity index (χ4n) is 1.48. The highest BCUT2D eigenvalue weighted by molar-refractivity contribution is 9.12. The lowest BCUT2D eigenvalue weighted by Crippen LogP contribution is -2.18. The molecule has 1 aliphatic heterocycles. The number of nitrogens with zero attached hydrogens (tertiary/aromatic N) is 1. The average Bonchev–Trinajstić information content (AvgIpc) is 2.66. The fraction of sp³-hybridized carbons (Fsp3) is 0. The topological polar surface area (TPSA) is 61.7 Å². The molecule has 1 aromatic carbocycles. The van der Waals surface area contributed by atoms with E-state index >= 15 is 0 Å². The Bertz CT molecular complexity index is 616. The maximum Gasteiger partial charge on any atom is 0.216 e. The lowest BCUT2D eigenvalue weighted by molar-refractivity contribution is -0.111. The van der Waals surface area contributed by atoms with E-state index in [0.717, 1.165) is 5.56 Å². The first-order chi connectivity index (χ1) is 9.16. The van der Waals surface area contributed by atoms with Crippen molar-refractivity contribution in [1.29, 1.82) is 0 Å². The number of hydrogen-bond acceptors (Lipinski definition) is 4. The van der Waals surface area contributed by atoms with Crippen molar-refractivity contribution in [3.63, 3.8) is 0 Å². The molecule has 0 spiro atoms. The van der Waals surface area contributed by atoms with Gasteiger partial charge in [-0.25, -0.2) is 4.99 Å². The smallest absolute Gasteiger partial charge is 0.216 e. The number of aromatic hydroxyl groups is 1. The highest BCUT2D eigenvalue weighted by Gasteiger charge is 2.12. The first kappa shape index (κ1) is 13.3. The van der Waals surface area contributed by atoms with Gasteiger partial charge in [-0.05, 0) is 51.9 Å². The van der Waals surface area contributed by atoms with E-state index in [9.17, 15) is 9.90 Å². The number of nitrogens with one attached hydrogen (secondary N) is 1. The molecule has 2 rings (SSSR count). The summed E-state index contributed by atoms with van der Waals surface area (Å²) in [6.45, 7) is 0. The molecule has 0 fully saturated rings. The van der Waals surface area contributed by atoms with Crippen LogP contribution >= 0.6 is 15.9 Å². The molecule has 1 heterocycles. The van der Waals surface area contributed by atoms with Crippen molar-refractivity contribution < 1.29 is 9.90 Å². The van der Waals surface area contributed by atoms with Crippen LogP contribution in [0.25, 0.3) is 6.08 Å². The summed E-state index contributed by atoms with van der Waals surface area (Å²) >= 11 is 3.25. The Morgan fingerprint density at radius 3 is 3.05 bits per heavy atom. The lowest BCUT2D eigenvalue weighted by Gasteiger charge is -2.04. The summed E-state index contributed by atoms with van der Waals surface area (Å²) in [7, 11) is 0. The molecule has 0 amide bonds. The first-order valence-electron chi connectivity index (χ1n) is 5.53. The minimum atomic E-state index is -0.193. The highest BCUT2D eigenvalue weighted by Crippen LogP contribution is 2.19. The Morgan fingerprint density at radius 1 is 1.42 bits per heavy atom. The molecular formula is C14H11BrN2O2. The van der Waals surface area contributed by atoms with Crippen LogP contribution in [-0.4, -0.2) is 17.2 Å². The van der Waals surface area contributed by atoms with E-state index in [2.05, 4.69) is 26.2 Å². The molecule has 5 heteroatoms. The second-order valence-electron chi connectivity index (χ2n) is 3.76. The van der Waals surface area contributed by atoms with E-state index in [4.69, 9.17) is 0 Å². The number of ketones is 1. The van der Waals surface area contributed by atoms with Crippen molar-refractivity contribution in [3.05, 3.63) is 58.4 Å². The van der Waals surface area contributed by atoms with Crippen LogP contribution in [0.15, 0.2) is 57.8 Å². The molecule has 0 aromatic heterocycles. The number of allylic oxidation sites excluding steroid dienone is 3. The summed E-state index contributed by atoms with van der Waals surface area (Å²) < 4.78 is 0.389. The van der Waals surface area contributed by atoms with E-state index in [1.807, 2.05) is 0 Å². The summed E-state index contributed by atoms with van der Waals surface area (Å²) in [4.78, 5) is 16.0. The predicted octanol–water partition coefficient (Wildman–Crippen LogP) is 2.73. The Morgan fingerprint density at radius 2 is 2.26 bits per heavy atom. The van der Waals surface area contributed by atoms with Crippen LogP contribution in [0.4, 0.5) is 0 Å². The van der Waals surface area contributed by atoms with Gasteiger partial charge >= 0.3 is 0 Å². The van der Waals surface area contributed by atoms with Gasteiger partial charge < -0.3 is 10.4 Å². The molecule has 1 aromatic rings. The molecule has 0 radical (unpaired) electrons. The minimum Gasteiger partial charge on any atom is -0.508 e. The van der Waals surface area contributed by atoms with E-state index in [0.29, 0.717) is 10.2 Å². The summed E-state index contributed by atoms with van der Waals surface area (Å²) in [6.07, 6.45) is 8.00. The van der Waals surface area contributed by atoms with Crippen LogP contribution in [0.3, 0.4) is 0 Å². The van der Waals surface area contributed by atoms with E-state index in [1.165, 1.54) is 6.34 Å². The number of Topliss-reactive ketones (excluding diaryl/α,β-unsaturated/α-hetero) is 1. The predicted molar refractivity (Wildman–Crippen MR) is 78.9 cm³/mol. The quantitative estimate of drug-likeness (QED) is 0.842. The van der Waals surface area contributed by atoms with Crippen molar-refractivity contribution in [2.24, 2.45) is 4.99 Å².